The molecule has 5 unspecified atom stereocenters. The standard InChI is InChI=1S/C75H136O17P2/c1-5-9-13-17-21-25-29-31-33-34-36-38-42-44-48-52-56-60-73(78)86-66-71(92-75(80)62-58-54-50-46-40-28-24-20-16-12-8-4)68-90-94(83,84)88-64-69(76)63-87-93(81,82)89-67-70(91-74(79)61-57-53-49-45-39-27-23-19-15-11-7-3)65-85-72(77)59-55-51-47-43-41-37-35-32-30-26-22-18-14-10-6-2/h9,13,19,21,23,25,31-33,35,69-71,76H,5-8,10-12,14-18,20,22,24,26-30,34,36-68H2,1-4H3,(H,81,82)(H,83,84)/b13-9-,23-19-,25-21-,33-31-,35-32-. The SMILES string of the molecule is CC/C=C\C/C=C\C/C=C\CCCCCCCCCC(=O)OCC(COP(=O)(O)OCC(O)COP(=O)(O)OCC(COC(=O)CCCCCCC/C=C\CCCCCCCC)OC(=O)CCCCCCC/C=C\CCCC)OC(=O)CCCCCCCCCCCCC. The van der Waals surface area contributed by atoms with Gasteiger partial charge in [0.05, 0.1) is 26.4 Å². The number of ether oxygens (including phenoxy) is 4. The van der Waals surface area contributed by atoms with Crippen LogP contribution in [0, 0.1) is 0 Å². The molecule has 94 heavy (non-hydrogen) atoms. The Kier molecular flexibility index (Phi) is 65.9. The summed E-state index contributed by atoms with van der Waals surface area (Å²) in [5.41, 5.74) is 0. The van der Waals surface area contributed by atoms with Crippen LogP contribution in [0.1, 0.15) is 336 Å². The molecule has 0 radical (unpaired) electrons. The van der Waals surface area contributed by atoms with E-state index in [1.54, 1.807) is 0 Å². The minimum absolute atomic E-state index is 0.0870. The van der Waals surface area contributed by atoms with E-state index >= 15 is 0 Å². The van der Waals surface area contributed by atoms with Crippen LogP contribution in [0.15, 0.2) is 60.8 Å². The monoisotopic (exact) mass is 1370 g/mol. The predicted octanol–water partition coefficient (Wildman–Crippen LogP) is 21.1. The zero-order valence-corrected chi connectivity index (χ0v) is 61.4. The number of carbonyl (C=O) groups excluding carboxylic acids is 4. The van der Waals surface area contributed by atoms with Crippen LogP contribution in [0.4, 0.5) is 0 Å². The lowest BCUT2D eigenvalue weighted by atomic mass is 10.1. The summed E-state index contributed by atoms with van der Waals surface area (Å²) in [7, 11) is -9.93. The number of esters is 4. The van der Waals surface area contributed by atoms with Gasteiger partial charge >= 0.3 is 39.5 Å². The number of rotatable bonds is 71. The van der Waals surface area contributed by atoms with E-state index < -0.39 is 97.5 Å². The summed E-state index contributed by atoms with van der Waals surface area (Å²) in [6.45, 7) is 4.72. The smallest absolute Gasteiger partial charge is 0.462 e. The number of hydrogen-bond acceptors (Lipinski definition) is 15. The number of phosphoric ester groups is 2. The Morgan fingerprint density at radius 3 is 0.894 bits per heavy atom. The molecule has 0 fully saturated rings. The second-order valence-electron chi connectivity index (χ2n) is 25.2. The van der Waals surface area contributed by atoms with Crippen molar-refractivity contribution in [3.05, 3.63) is 60.8 Å². The molecule has 17 nitrogen and oxygen atoms in total. The lowest BCUT2D eigenvalue weighted by Crippen LogP contribution is -2.30. The molecule has 0 amide bonds. The van der Waals surface area contributed by atoms with Crippen molar-refractivity contribution in [2.45, 2.75) is 354 Å². The topological polar surface area (TPSA) is 237 Å². The molecule has 0 aromatic carbocycles. The first kappa shape index (κ1) is 90.8. The van der Waals surface area contributed by atoms with Gasteiger partial charge in [0.25, 0.3) is 0 Å². The van der Waals surface area contributed by atoms with Crippen LogP contribution in [0.5, 0.6) is 0 Å². The second-order valence-corrected chi connectivity index (χ2v) is 28.1. The maximum atomic E-state index is 13.0. The van der Waals surface area contributed by atoms with Gasteiger partial charge in [-0.3, -0.25) is 37.3 Å². The minimum atomic E-state index is -4.97. The Balaban J connectivity index is 5.27. The van der Waals surface area contributed by atoms with E-state index in [9.17, 15) is 43.2 Å². The third kappa shape index (κ3) is 67.3. The van der Waals surface area contributed by atoms with E-state index in [0.29, 0.717) is 25.7 Å². The first-order valence-electron chi connectivity index (χ1n) is 37.5. The van der Waals surface area contributed by atoms with Crippen LogP contribution in [0.3, 0.4) is 0 Å². The Labute approximate surface area is 571 Å². The zero-order valence-electron chi connectivity index (χ0n) is 59.6. The van der Waals surface area contributed by atoms with Gasteiger partial charge in [0.2, 0.25) is 0 Å². The summed E-state index contributed by atoms with van der Waals surface area (Å²) in [6.07, 6.45) is 65.1. The number of allylic oxidation sites excluding steroid dienone is 10. The van der Waals surface area contributed by atoms with Crippen molar-refractivity contribution in [2.24, 2.45) is 0 Å². The quantitative estimate of drug-likeness (QED) is 0.0169. The van der Waals surface area contributed by atoms with Gasteiger partial charge in [0, 0.05) is 25.7 Å². The third-order valence-corrected chi connectivity index (χ3v) is 17.9. The number of aliphatic hydroxyl groups is 1. The average Bonchev–Trinajstić information content (AvgIpc) is 1.32. The zero-order chi connectivity index (χ0) is 69.0. The Morgan fingerprint density at radius 2 is 0.564 bits per heavy atom. The maximum Gasteiger partial charge on any atom is 0.472 e. The largest absolute Gasteiger partial charge is 0.472 e. The van der Waals surface area contributed by atoms with Gasteiger partial charge in [-0.15, -0.1) is 0 Å². The number of unbranched alkanes of at least 4 members (excludes halogenated alkanes) is 35. The van der Waals surface area contributed by atoms with Crippen LogP contribution >= 0.6 is 15.6 Å². The molecule has 0 aromatic heterocycles. The molecule has 0 aliphatic rings. The third-order valence-electron chi connectivity index (χ3n) is 16.0. The molecule has 0 saturated carbocycles. The van der Waals surface area contributed by atoms with E-state index in [-0.39, 0.29) is 25.7 Å². The van der Waals surface area contributed by atoms with Gasteiger partial charge in [0.1, 0.15) is 19.3 Å². The van der Waals surface area contributed by atoms with Crippen LogP contribution < -0.4 is 0 Å². The fraction of sp³-hybridized carbons (Fsp3) is 0.813. The first-order valence-corrected chi connectivity index (χ1v) is 40.5. The van der Waals surface area contributed by atoms with Gasteiger partial charge in [-0.1, -0.05) is 268 Å². The Morgan fingerprint density at radius 1 is 0.309 bits per heavy atom. The molecule has 0 aromatic rings. The summed E-state index contributed by atoms with van der Waals surface area (Å²) in [4.78, 5) is 72.7. The molecular weight excluding hydrogens is 1230 g/mol. The summed E-state index contributed by atoms with van der Waals surface area (Å²) in [6, 6.07) is 0. The minimum Gasteiger partial charge on any atom is -0.462 e. The lowest BCUT2D eigenvalue weighted by molar-refractivity contribution is -0.161. The second kappa shape index (κ2) is 68.3. The van der Waals surface area contributed by atoms with Crippen LogP contribution in [0.25, 0.3) is 0 Å². The highest BCUT2D eigenvalue weighted by Crippen LogP contribution is 2.45. The van der Waals surface area contributed by atoms with Crippen LogP contribution in [0.2, 0.25) is 0 Å². The summed E-state index contributed by atoms with van der Waals surface area (Å²) in [5.74, 6) is -2.18. The molecular formula is C75H136O17P2. The highest BCUT2D eigenvalue weighted by molar-refractivity contribution is 7.47. The summed E-state index contributed by atoms with van der Waals surface area (Å²) < 4.78 is 68.3. The van der Waals surface area contributed by atoms with E-state index in [4.69, 9.17) is 37.0 Å². The van der Waals surface area contributed by atoms with Crippen molar-refractivity contribution >= 4 is 39.5 Å². The lowest BCUT2D eigenvalue weighted by Gasteiger charge is -2.21. The first-order chi connectivity index (χ1) is 45.7. The Hall–Kier alpha value is -3.24. The van der Waals surface area contributed by atoms with E-state index in [1.165, 1.54) is 89.9 Å². The molecule has 0 heterocycles. The van der Waals surface area contributed by atoms with Crippen molar-refractivity contribution in [3.63, 3.8) is 0 Å². The van der Waals surface area contributed by atoms with Crippen LogP contribution in [-0.4, -0.2) is 96.7 Å². The van der Waals surface area contributed by atoms with Crippen molar-refractivity contribution in [2.75, 3.05) is 39.6 Å². The van der Waals surface area contributed by atoms with Gasteiger partial charge in [0.15, 0.2) is 12.2 Å². The molecule has 19 heteroatoms. The molecule has 548 valence electrons. The average molecular weight is 1370 g/mol. The van der Waals surface area contributed by atoms with Crippen molar-refractivity contribution < 1.29 is 80.2 Å². The van der Waals surface area contributed by atoms with Crippen molar-refractivity contribution in [1.82, 2.24) is 0 Å². The fourth-order valence-corrected chi connectivity index (χ4v) is 11.8. The molecule has 5 atom stereocenters. The van der Waals surface area contributed by atoms with E-state index in [1.807, 2.05) is 0 Å². The number of aliphatic hydroxyl groups excluding tert-OH is 1. The number of hydrogen-bond donors (Lipinski definition) is 3. The fourth-order valence-electron chi connectivity index (χ4n) is 10.2. The summed E-state index contributed by atoms with van der Waals surface area (Å²) in [5, 5.41) is 10.6. The van der Waals surface area contributed by atoms with Gasteiger partial charge in [-0.2, -0.15) is 0 Å². The predicted molar refractivity (Wildman–Crippen MR) is 381 cm³/mol. The Bertz CT molecular complexity index is 2030. The van der Waals surface area contributed by atoms with E-state index in [0.717, 1.165) is 167 Å². The molecule has 0 aliphatic carbocycles. The highest BCUT2D eigenvalue weighted by atomic mass is 31.2. The normalized spacial score (nSPS) is 14.3. The molecule has 0 spiro atoms. The van der Waals surface area contributed by atoms with Gasteiger partial charge in [-0.05, 0) is 103 Å². The molecule has 0 saturated heterocycles. The molecule has 3 N–H and O–H groups in total. The molecule has 0 bridgehead atoms. The molecule has 0 rings (SSSR count). The molecule has 0 aliphatic heterocycles. The maximum absolute atomic E-state index is 13.0. The van der Waals surface area contributed by atoms with Gasteiger partial charge < -0.3 is 33.8 Å². The van der Waals surface area contributed by atoms with Crippen LogP contribution in [-0.2, 0) is 65.4 Å². The summed E-state index contributed by atoms with van der Waals surface area (Å²) >= 11 is 0. The van der Waals surface area contributed by atoms with Crippen molar-refractivity contribution in [1.29, 1.82) is 0 Å². The number of carbonyl (C=O) groups is 4. The number of phosphoric acid groups is 2. The van der Waals surface area contributed by atoms with Crippen molar-refractivity contribution in [3.8, 4) is 0 Å². The van der Waals surface area contributed by atoms with E-state index in [2.05, 4.69) is 88.5 Å². The van der Waals surface area contributed by atoms with Gasteiger partial charge in [-0.25, -0.2) is 9.13 Å². The highest BCUT2D eigenvalue weighted by Gasteiger charge is 2.30.